The summed E-state index contributed by atoms with van der Waals surface area (Å²) in [4.78, 5) is 28.1. The number of nitrogens with zero attached hydrogens (tertiary/aromatic N) is 1. The molecule has 0 saturated carbocycles. The molecule has 6 heteroatoms. The molecule has 0 spiro atoms. The third-order valence-corrected chi connectivity index (χ3v) is 5.81. The zero-order valence-corrected chi connectivity index (χ0v) is 20.2. The molecule has 0 radical (unpaired) electrons. The number of carbonyl (C=O) groups is 2. The van der Waals surface area contributed by atoms with Gasteiger partial charge in [-0.25, -0.2) is 0 Å². The van der Waals surface area contributed by atoms with Gasteiger partial charge in [-0.3, -0.25) is 14.5 Å². The number of aliphatic hydroxyl groups excluding tert-OH is 1. The molecule has 1 aliphatic rings. The topological polar surface area (TPSA) is 76.1 Å². The van der Waals surface area contributed by atoms with Crippen molar-refractivity contribution >= 4 is 23.1 Å². The number of anilines is 1. The van der Waals surface area contributed by atoms with E-state index in [0.717, 1.165) is 17.5 Å². The van der Waals surface area contributed by atoms with Crippen molar-refractivity contribution in [1.82, 2.24) is 0 Å². The van der Waals surface area contributed by atoms with E-state index in [0.29, 0.717) is 36.0 Å². The van der Waals surface area contributed by atoms with Crippen LogP contribution in [0.1, 0.15) is 43.0 Å². The van der Waals surface area contributed by atoms with Crippen LogP contribution in [0.25, 0.3) is 5.76 Å². The second kappa shape index (κ2) is 10.5. The zero-order chi connectivity index (χ0) is 24.9. The Bertz CT molecular complexity index is 1260. The van der Waals surface area contributed by atoms with Gasteiger partial charge in [-0.05, 0) is 62.2 Å². The lowest BCUT2D eigenvalue weighted by Gasteiger charge is -2.26. The molecule has 3 aromatic carbocycles. The number of ketones is 1. The number of Topliss-reactive ketones (excluding diaryl/α,β-unsaturated/α-hetero) is 1. The number of hydrogen-bond donors (Lipinski definition) is 1. The summed E-state index contributed by atoms with van der Waals surface area (Å²) < 4.78 is 11.2. The van der Waals surface area contributed by atoms with Crippen LogP contribution in [0.2, 0.25) is 0 Å². The maximum atomic E-state index is 13.3. The highest BCUT2D eigenvalue weighted by Crippen LogP contribution is 2.43. The SMILES string of the molecule is CCCOc1ccc(/C(O)=C2\C(=O)C(=O)N(c3cccc(OCC)c3)C2c2cccc(C)c2)cc1. The second-order valence-corrected chi connectivity index (χ2v) is 8.39. The molecule has 4 rings (SSSR count). The van der Waals surface area contributed by atoms with E-state index in [4.69, 9.17) is 9.47 Å². The fraction of sp³-hybridized carbons (Fsp3) is 0.241. The van der Waals surface area contributed by atoms with E-state index in [1.54, 1.807) is 48.5 Å². The molecule has 0 aromatic heterocycles. The molecule has 3 aromatic rings. The van der Waals surface area contributed by atoms with Gasteiger partial charge >= 0.3 is 0 Å². The van der Waals surface area contributed by atoms with Gasteiger partial charge < -0.3 is 14.6 Å². The Labute approximate surface area is 205 Å². The third kappa shape index (κ3) is 4.92. The van der Waals surface area contributed by atoms with E-state index in [-0.39, 0.29) is 11.3 Å². The molecule has 6 nitrogen and oxygen atoms in total. The number of ether oxygens (including phenoxy) is 2. The number of carbonyl (C=O) groups excluding carboxylic acids is 2. The van der Waals surface area contributed by atoms with Crippen LogP contribution in [0, 0.1) is 6.92 Å². The first-order valence-electron chi connectivity index (χ1n) is 11.8. The van der Waals surface area contributed by atoms with Gasteiger partial charge in [-0.2, -0.15) is 0 Å². The molecule has 1 fully saturated rings. The van der Waals surface area contributed by atoms with Crippen LogP contribution in [-0.4, -0.2) is 30.0 Å². The van der Waals surface area contributed by atoms with Crippen LogP contribution < -0.4 is 14.4 Å². The van der Waals surface area contributed by atoms with Crippen LogP contribution in [-0.2, 0) is 9.59 Å². The highest BCUT2D eigenvalue weighted by Gasteiger charge is 2.47. The quantitative estimate of drug-likeness (QED) is 0.255. The predicted octanol–water partition coefficient (Wildman–Crippen LogP) is 5.81. The summed E-state index contributed by atoms with van der Waals surface area (Å²) >= 11 is 0. The Kier molecular flexibility index (Phi) is 7.20. The van der Waals surface area contributed by atoms with Crippen LogP contribution in [0.4, 0.5) is 5.69 Å². The average Bonchev–Trinajstić information content (AvgIpc) is 3.13. The zero-order valence-electron chi connectivity index (χ0n) is 20.2. The first-order valence-corrected chi connectivity index (χ1v) is 11.8. The minimum absolute atomic E-state index is 0.0460. The van der Waals surface area contributed by atoms with E-state index >= 15 is 0 Å². The number of benzene rings is 3. The molecule has 0 bridgehead atoms. The fourth-order valence-corrected chi connectivity index (χ4v) is 4.23. The number of aliphatic hydroxyl groups is 1. The second-order valence-electron chi connectivity index (χ2n) is 8.39. The molecule has 1 saturated heterocycles. The van der Waals surface area contributed by atoms with Gasteiger partial charge in [-0.1, -0.05) is 42.8 Å². The van der Waals surface area contributed by atoms with Crippen LogP contribution in [0.5, 0.6) is 11.5 Å². The smallest absolute Gasteiger partial charge is 0.300 e. The predicted molar refractivity (Wildman–Crippen MR) is 136 cm³/mol. The Morgan fingerprint density at radius 1 is 0.914 bits per heavy atom. The number of aryl methyl sites for hydroxylation is 1. The summed E-state index contributed by atoms with van der Waals surface area (Å²) in [6, 6.07) is 20.8. The van der Waals surface area contributed by atoms with Crippen molar-refractivity contribution in [1.29, 1.82) is 0 Å². The Morgan fingerprint density at radius 2 is 1.66 bits per heavy atom. The fourth-order valence-electron chi connectivity index (χ4n) is 4.23. The molecule has 1 heterocycles. The van der Waals surface area contributed by atoms with E-state index in [2.05, 4.69) is 0 Å². The van der Waals surface area contributed by atoms with E-state index in [9.17, 15) is 14.7 Å². The molecular formula is C29H29NO5. The molecule has 1 aliphatic heterocycles. The Morgan fingerprint density at radius 3 is 2.34 bits per heavy atom. The average molecular weight is 472 g/mol. The van der Waals surface area contributed by atoms with E-state index in [1.807, 2.05) is 45.0 Å². The normalized spacial score (nSPS) is 17.0. The molecule has 180 valence electrons. The van der Waals surface area contributed by atoms with Crippen molar-refractivity contribution in [3.8, 4) is 11.5 Å². The first-order chi connectivity index (χ1) is 16.9. The van der Waals surface area contributed by atoms with Crippen molar-refractivity contribution in [2.24, 2.45) is 0 Å². The highest BCUT2D eigenvalue weighted by atomic mass is 16.5. The summed E-state index contributed by atoms with van der Waals surface area (Å²) in [6.07, 6.45) is 0.881. The van der Waals surface area contributed by atoms with Crippen molar-refractivity contribution in [2.45, 2.75) is 33.2 Å². The maximum Gasteiger partial charge on any atom is 0.300 e. The third-order valence-electron chi connectivity index (χ3n) is 5.81. The summed E-state index contributed by atoms with van der Waals surface area (Å²) in [5.74, 6) is -0.388. The molecule has 1 N–H and O–H groups in total. The Hall–Kier alpha value is -4.06. The highest BCUT2D eigenvalue weighted by molar-refractivity contribution is 6.51. The molecule has 1 unspecified atom stereocenters. The van der Waals surface area contributed by atoms with Gasteiger partial charge in [0.1, 0.15) is 17.3 Å². The minimum Gasteiger partial charge on any atom is -0.507 e. The largest absolute Gasteiger partial charge is 0.507 e. The summed E-state index contributed by atoms with van der Waals surface area (Å²) in [6.45, 7) is 6.91. The van der Waals surface area contributed by atoms with Gasteiger partial charge in [0.15, 0.2) is 0 Å². The van der Waals surface area contributed by atoms with Gasteiger partial charge in [0.25, 0.3) is 11.7 Å². The Balaban J connectivity index is 1.85. The van der Waals surface area contributed by atoms with E-state index < -0.39 is 17.7 Å². The number of rotatable bonds is 8. The van der Waals surface area contributed by atoms with Crippen molar-refractivity contribution < 1.29 is 24.2 Å². The lowest BCUT2D eigenvalue weighted by molar-refractivity contribution is -0.132. The summed E-state index contributed by atoms with van der Waals surface area (Å²) in [7, 11) is 0. The lowest BCUT2D eigenvalue weighted by Crippen LogP contribution is -2.29. The van der Waals surface area contributed by atoms with Gasteiger partial charge in [-0.15, -0.1) is 0 Å². The van der Waals surface area contributed by atoms with Crippen LogP contribution >= 0.6 is 0 Å². The molecule has 0 aliphatic carbocycles. The van der Waals surface area contributed by atoms with E-state index in [1.165, 1.54) is 4.90 Å². The number of hydrogen-bond acceptors (Lipinski definition) is 5. The lowest BCUT2D eigenvalue weighted by atomic mass is 9.94. The molecule has 1 amide bonds. The van der Waals surface area contributed by atoms with Gasteiger partial charge in [0.05, 0.1) is 24.8 Å². The standard InChI is InChI=1S/C29H29NO5/c1-4-16-35-23-14-12-20(13-15-23)27(31)25-26(21-9-6-8-19(3)17-21)30(29(33)28(25)32)22-10-7-11-24(18-22)34-5-2/h6-15,17-18,26,31H,4-5,16H2,1-3H3/b27-25+. The van der Waals surface area contributed by atoms with Crippen LogP contribution in [0.3, 0.4) is 0 Å². The molecule has 1 atom stereocenters. The van der Waals surface area contributed by atoms with Crippen molar-refractivity contribution in [2.75, 3.05) is 18.1 Å². The number of amides is 1. The van der Waals surface area contributed by atoms with Crippen molar-refractivity contribution in [3.05, 3.63) is 95.1 Å². The monoisotopic (exact) mass is 471 g/mol. The van der Waals surface area contributed by atoms with Crippen molar-refractivity contribution in [3.63, 3.8) is 0 Å². The summed E-state index contributed by atoms with van der Waals surface area (Å²) in [5, 5.41) is 11.3. The maximum absolute atomic E-state index is 13.3. The minimum atomic E-state index is -0.789. The molecular weight excluding hydrogens is 442 g/mol. The molecule has 35 heavy (non-hydrogen) atoms. The summed E-state index contributed by atoms with van der Waals surface area (Å²) in [5.41, 5.74) is 2.72. The first kappa shape index (κ1) is 24.1. The van der Waals surface area contributed by atoms with Crippen LogP contribution in [0.15, 0.2) is 78.4 Å². The van der Waals surface area contributed by atoms with Gasteiger partial charge in [0, 0.05) is 17.3 Å². The van der Waals surface area contributed by atoms with Gasteiger partial charge in [0.2, 0.25) is 0 Å².